The lowest BCUT2D eigenvalue weighted by atomic mass is 10.1. The smallest absolute Gasteiger partial charge is 0.267 e. The number of rotatable bonds is 4. The molecule has 1 aliphatic heterocycles. The molecule has 108 valence electrons. The molecule has 2 rings (SSSR count). The predicted octanol–water partition coefficient (Wildman–Crippen LogP) is -1.03. The number of amides is 2. The fraction of sp³-hybridized carbons (Fsp3) is 0.500. The normalized spacial score (nSPS) is 15.9. The number of carbonyl (C=O) groups excluding carboxylic acids is 2. The van der Waals surface area contributed by atoms with Crippen molar-refractivity contribution in [2.45, 2.75) is 18.9 Å². The molecule has 0 saturated carbocycles. The van der Waals surface area contributed by atoms with Crippen LogP contribution in [-0.2, 0) is 4.79 Å². The number of aromatic nitrogens is 2. The van der Waals surface area contributed by atoms with Crippen LogP contribution in [0.1, 0.15) is 23.3 Å². The van der Waals surface area contributed by atoms with Gasteiger partial charge in [-0.1, -0.05) is 0 Å². The SMILES string of the molecule is NC(=O)c1cc(NC2CCN(C(=O)CO)CC2)ncn1. The molecule has 1 fully saturated rings. The third-order valence-electron chi connectivity index (χ3n) is 3.25. The summed E-state index contributed by atoms with van der Waals surface area (Å²) in [5, 5.41) is 12.0. The van der Waals surface area contributed by atoms with Crippen molar-refractivity contribution in [2.75, 3.05) is 25.0 Å². The Bertz CT molecular complexity index is 500. The minimum Gasteiger partial charge on any atom is -0.387 e. The first-order valence-electron chi connectivity index (χ1n) is 6.37. The molecule has 0 atom stereocenters. The van der Waals surface area contributed by atoms with Crippen LogP contribution in [-0.4, -0.2) is 57.5 Å². The first-order valence-corrected chi connectivity index (χ1v) is 6.37. The van der Waals surface area contributed by atoms with E-state index in [1.54, 1.807) is 4.90 Å². The molecule has 4 N–H and O–H groups in total. The van der Waals surface area contributed by atoms with Gasteiger partial charge in [-0.3, -0.25) is 9.59 Å². The van der Waals surface area contributed by atoms with Crippen LogP contribution in [0.4, 0.5) is 5.82 Å². The number of nitrogens with one attached hydrogen (secondary N) is 1. The van der Waals surface area contributed by atoms with E-state index in [-0.39, 0.29) is 17.6 Å². The summed E-state index contributed by atoms with van der Waals surface area (Å²) in [6.07, 6.45) is 2.79. The lowest BCUT2D eigenvalue weighted by Crippen LogP contribution is -2.43. The highest BCUT2D eigenvalue weighted by molar-refractivity contribution is 5.91. The lowest BCUT2D eigenvalue weighted by molar-refractivity contribution is -0.135. The topological polar surface area (TPSA) is 121 Å². The molecule has 1 aliphatic rings. The molecule has 2 amide bonds. The van der Waals surface area contributed by atoms with Crippen molar-refractivity contribution in [2.24, 2.45) is 5.73 Å². The summed E-state index contributed by atoms with van der Waals surface area (Å²) in [7, 11) is 0. The Hall–Kier alpha value is -2.22. The third kappa shape index (κ3) is 3.41. The van der Waals surface area contributed by atoms with Gasteiger partial charge in [0.15, 0.2) is 0 Å². The van der Waals surface area contributed by atoms with Crippen molar-refractivity contribution < 1.29 is 14.7 Å². The maximum atomic E-state index is 11.3. The van der Waals surface area contributed by atoms with Gasteiger partial charge >= 0.3 is 0 Å². The fourth-order valence-electron chi connectivity index (χ4n) is 2.15. The number of nitrogens with two attached hydrogens (primary N) is 1. The van der Waals surface area contributed by atoms with E-state index in [0.29, 0.717) is 18.9 Å². The molecule has 0 aromatic carbocycles. The Kier molecular flexibility index (Phi) is 4.46. The van der Waals surface area contributed by atoms with Crippen molar-refractivity contribution in [1.29, 1.82) is 0 Å². The molecule has 0 spiro atoms. The van der Waals surface area contributed by atoms with E-state index in [1.165, 1.54) is 12.4 Å². The van der Waals surface area contributed by atoms with Crippen LogP contribution in [0.5, 0.6) is 0 Å². The Morgan fingerprint density at radius 2 is 2.10 bits per heavy atom. The van der Waals surface area contributed by atoms with Crippen LogP contribution < -0.4 is 11.1 Å². The quantitative estimate of drug-likeness (QED) is 0.648. The highest BCUT2D eigenvalue weighted by Gasteiger charge is 2.22. The highest BCUT2D eigenvalue weighted by atomic mass is 16.3. The third-order valence-corrected chi connectivity index (χ3v) is 3.25. The fourth-order valence-corrected chi connectivity index (χ4v) is 2.15. The van der Waals surface area contributed by atoms with Crippen molar-refractivity contribution in [3.8, 4) is 0 Å². The number of hydrogen-bond acceptors (Lipinski definition) is 6. The van der Waals surface area contributed by atoms with Crippen LogP contribution in [0, 0.1) is 0 Å². The standard InChI is InChI=1S/C12H17N5O3/c13-12(20)9-5-10(15-7-14-9)16-8-1-3-17(4-2-8)11(19)6-18/h5,7-8,18H,1-4,6H2,(H2,13,20)(H,14,15,16). The summed E-state index contributed by atoms with van der Waals surface area (Å²) in [5.41, 5.74) is 5.32. The number of aliphatic hydroxyl groups excluding tert-OH is 1. The van der Waals surface area contributed by atoms with E-state index < -0.39 is 12.5 Å². The van der Waals surface area contributed by atoms with Gasteiger partial charge in [0.1, 0.15) is 24.4 Å². The van der Waals surface area contributed by atoms with Gasteiger partial charge in [0.05, 0.1) is 0 Å². The number of anilines is 1. The average molecular weight is 279 g/mol. The van der Waals surface area contributed by atoms with E-state index in [1.807, 2.05) is 0 Å². The van der Waals surface area contributed by atoms with E-state index in [0.717, 1.165) is 12.8 Å². The number of aliphatic hydroxyl groups is 1. The summed E-state index contributed by atoms with van der Waals surface area (Å²) in [6.45, 7) is 0.724. The molecular formula is C12H17N5O3. The van der Waals surface area contributed by atoms with Crippen LogP contribution in [0.15, 0.2) is 12.4 Å². The zero-order valence-electron chi connectivity index (χ0n) is 11.0. The predicted molar refractivity (Wildman–Crippen MR) is 70.9 cm³/mol. The van der Waals surface area contributed by atoms with E-state index >= 15 is 0 Å². The second-order valence-electron chi connectivity index (χ2n) is 4.61. The minimum absolute atomic E-state index is 0.161. The summed E-state index contributed by atoms with van der Waals surface area (Å²) < 4.78 is 0. The Labute approximate surface area is 116 Å². The summed E-state index contributed by atoms with van der Waals surface area (Å²) >= 11 is 0. The highest BCUT2D eigenvalue weighted by Crippen LogP contribution is 2.15. The van der Waals surface area contributed by atoms with Crippen molar-refractivity contribution in [3.05, 3.63) is 18.1 Å². The number of piperidine rings is 1. The molecular weight excluding hydrogens is 262 g/mol. The van der Waals surface area contributed by atoms with Crippen LogP contribution in [0.25, 0.3) is 0 Å². The number of nitrogens with zero attached hydrogens (tertiary/aromatic N) is 3. The van der Waals surface area contributed by atoms with Gasteiger partial charge in [0, 0.05) is 25.2 Å². The van der Waals surface area contributed by atoms with E-state index in [9.17, 15) is 9.59 Å². The molecule has 2 heterocycles. The molecule has 1 aromatic heterocycles. The molecule has 0 aliphatic carbocycles. The number of carbonyl (C=O) groups is 2. The second kappa shape index (κ2) is 6.29. The monoisotopic (exact) mass is 279 g/mol. The maximum absolute atomic E-state index is 11.3. The summed E-state index contributed by atoms with van der Waals surface area (Å²) in [6, 6.07) is 1.67. The van der Waals surface area contributed by atoms with Gasteiger partial charge < -0.3 is 21.1 Å². The van der Waals surface area contributed by atoms with Crippen molar-refractivity contribution >= 4 is 17.6 Å². The molecule has 0 bridgehead atoms. The van der Waals surface area contributed by atoms with Gasteiger partial charge in [-0.2, -0.15) is 0 Å². The van der Waals surface area contributed by atoms with Gasteiger partial charge in [0.25, 0.3) is 5.91 Å². The first-order chi connectivity index (χ1) is 9.60. The van der Waals surface area contributed by atoms with Gasteiger partial charge in [-0.05, 0) is 12.8 Å². The molecule has 20 heavy (non-hydrogen) atoms. The van der Waals surface area contributed by atoms with Crippen molar-refractivity contribution in [3.63, 3.8) is 0 Å². The maximum Gasteiger partial charge on any atom is 0.267 e. The molecule has 1 saturated heterocycles. The second-order valence-corrected chi connectivity index (χ2v) is 4.61. The summed E-state index contributed by atoms with van der Waals surface area (Å²) in [5.74, 6) is -0.305. The zero-order valence-corrected chi connectivity index (χ0v) is 11.0. The Morgan fingerprint density at radius 1 is 1.40 bits per heavy atom. The molecule has 8 nitrogen and oxygen atoms in total. The Morgan fingerprint density at radius 3 is 2.70 bits per heavy atom. The number of likely N-dealkylation sites (tertiary alicyclic amines) is 1. The van der Waals surface area contributed by atoms with E-state index in [2.05, 4.69) is 15.3 Å². The first kappa shape index (κ1) is 14.2. The largest absolute Gasteiger partial charge is 0.387 e. The van der Waals surface area contributed by atoms with Gasteiger partial charge in [-0.25, -0.2) is 9.97 Å². The van der Waals surface area contributed by atoms with Crippen LogP contribution in [0.3, 0.4) is 0 Å². The van der Waals surface area contributed by atoms with Gasteiger partial charge in [-0.15, -0.1) is 0 Å². The molecule has 8 heteroatoms. The Balaban J connectivity index is 1.91. The van der Waals surface area contributed by atoms with Crippen LogP contribution in [0.2, 0.25) is 0 Å². The van der Waals surface area contributed by atoms with E-state index in [4.69, 9.17) is 10.8 Å². The van der Waals surface area contributed by atoms with Crippen LogP contribution >= 0.6 is 0 Å². The number of primary amides is 1. The molecule has 0 unspecified atom stereocenters. The summed E-state index contributed by atoms with van der Waals surface area (Å²) in [4.78, 5) is 31.8. The van der Waals surface area contributed by atoms with Crippen molar-refractivity contribution in [1.82, 2.24) is 14.9 Å². The molecule has 0 radical (unpaired) electrons. The number of hydrogen-bond donors (Lipinski definition) is 3. The zero-order chi connectivity index (χ0) is 14.5. The van der Waals surface area contributed by atoms with Gasteiger partial charge in [0.2, 0.25) is 5.91 Å². The minimum atomic E-state index is -0.598. The lowest BCUT2D eigenvalue weighted by Gasteiger charge is -2.32. The average Bonchev–Trinajstić information content (AvgIpc) is 2.47. The molecule has 1 aromatic rings.